The van der Waals surface area contributed by atoms with Crippen LogP contribution in [0.15, 0.2) is 35.0 Å². The van der Waals surface area contributed by atoms with Gasteiger partial charge in [-0.15, -0.1) is 5.10 Å². The van der Waals surface area contributed by atoms with E-state index in [1.54, 1.807) is 6.20 Å². The summed E-state index contributed by atoms with van der Waals surface area (Å²) in [4.78, 5) is 0. The number of aryl methyl sites for hydroxylation is 2. The standard InChI is InChI=1S/C15H16N4O/c1-9(14-10(2)19-20-11(14)3)17-15-13-7-5-4-6-12(13)8-16-18-15/h4-9H,1-3H3,(H,17,18). The molecular weight excluding hydrogens is 252 g/mol. The second kappa shape index (κ2) is 4.92. The first-order valence-electron chi connectivity index (χ1n) is 6.56. The summed E-state index contributed by atoms with van der Waals surface area (Å²) in [6, 6.07) is 8.10. The van der Waals surface area contributed by atoms with Crippen LogP contribution in [0.5, 0.6) is 0 Å². The van der Waals surface area contributed by atoms with Crippen LogP contribution < -0.4 is 5.32 Å². The number of anilines is 1. The first-order chi connectivity index (χ1) is 9.66. The van der Waals surface area contributed by atoms with E-state index in [4.69, 9.17) is 4.52 Å². The lowest BCUT2D eigenvalue weighted by Crippen LogP contribution is -2.10. The Morgan fingerprint density at radius 2 is 2.00 bits per heavy atom. The maximum atomic E-state index is 5.22. The first-order valence-corrected chi connectivity index (χ1v) is 6.56. The summed E-state index contributed by atoms with van der Waals surface area (Å²) >= 11 is 0. The number of hydrogen-bond donors (Lipinski definition) is 1. The summed E-state index contributed by atoms with van der Waals surface area (Å²) in [6.45, 7) is 5.93. The van der Waals surface area contributed by atoms with Crippen molar-refractivity contribution in [2.75, 3.05) is 5.32 Å². The van der Waals surface area contributed by atoms with Crippen molar-refractivity contribution in [3.63, 3.8) is 0 Å². The Morgan fingerprint density at radius 3 is 2.75 bits per heavy atom. The summed E-state index contributed by atoms with van der Waals surface area (Å²) in [5.74, 6) is 1.60. The smallest absolute Gasteiger partial charge is 0.157 e. The van der Waals surface area contributed by atoms with Crippen LogP contribution >= 0.6 is 0 Å². The number of benzene rings is 1. The summed E-state index contributed by atoms with van der Waals surface area (Å²) in [5.41, 5.74) is 1.97. The zero-order chi connectivity index (χ0) is 14.1. The van der Waals surface area contributed by atoms with Gasteiger partial charge in [0, 0.05) is 16.3 Å². The fourth-order valence-corrected chi connectivity index (χ4v) is 2.52. The second-order valence-corrected chi connectivity index (χ2v) is 4.88. The van der Waals surface area contributed by atoms with Gasteiger partial charge in [-0.2, -0.15) is 5.10 Å². The molecule has 0 spiro atoms. The van der Waals surface area contributed by atoms with Crippen LogP contribution in [0.1, 0.15) is 30.0 Å². The van der Waals surface area contributed by atoms with Crippen LogP contribution in [0.2, 0.25) is 0 Å². The minimum Gasteiger partial charge on any atom is -0.361 e. The van der Waals surface area contributed by atoms with Crippen molar-refractivity contribution in [1.29, 1.82) is 0 Å². The van der Waals surface area contributed by atoms with E-state index in [1.165, 1.54) is 0 Å². The predicted octanol–water partition coefficient (Wildman–Crippen LogP) is 3.41. The molecule has 1 atom stereocenters. The highest BCUT2D eigenvalue weighted by atomic mass is 16.5. The molecule has 2 heterocycles. The third kappa shape index (κ3) is 2.11. The monoisotopic (exact) mass is 268 g/mol. The summed E-state index contributed by atoms with van der Waals surface area (Å²) in [7, 11) is 0. The fourth-order valence-electron chi connectivity index (χ4n) is 2.52. The van der Waals surface area contributed by atoms with E-state index in [1.807, 2.05) is 38.1 Å². The Labute approximate surface area is 117 Å². The largest absolute Gasteiger partial charge is 0.361 e. The molecule has 1 unspecified atom stereocenters. The molecule has 0 saturated carbocycles. The van der Waals surface area contributed by atoms with Gasteiger partial charge < -0.3 is 9.84 Å². The molecule has 0 fully saturated rings. The van der Waals surface area contributed by atoms with E-state index >= 15 is 0 Å². The van der Waals surface area contributed by atoms with Crippen molar-refractivity contribution < 1.29 is 4.52 Å². The van der Waals surface area contributed by atoms with Crippen LogP contribution in [0.4, 0.5) is 5.82 Å². The van der Waals surface area contributed by atoms with Gasteiger partial charge >= 0.3 is 0 Å². The van der Waals surface area contributed by atoms with Gasteiger partial charge in [0.05, 0.1) is 17.9 Å². The zero-order valence-corrected chi connectivity index (χ0v) is 11.7. The Hall–Kier alpha value is -2.43. The molecule has 0 bridgehead atoms. The molecule has 5 nitrogen and oxygen atoms in total. The van der Waals surface area contributed by atoms with Crippen LogP contribution in [-0.4, -0.2) is 15.4 Å². The van der Waals surface area contributed by atoms with E-state index in [9.17, 15) is 0 Å². The van der Waals surface area contributed by atoms with Gasteiger partial charge in [-0.25, -0.2) is 0 Å². The van der Waals surface area contributed by atoms with E-state index in [0.29, 0.717) is 0 Å². The van der Waals surface area contributed by atoms with E-state index in [2.05, 4.69) is 27.6 Å². The van der Waals surface area contributed by atoms with Gasteiger partial charge in [-0.1, -0.05) is 29.4 Å². The molecule has 1 N–H and O–H groups in total. The fraction of sp³-hybridized carbons (Fsp3) is 0.267. The molecule has 3 rings (SSSR count). The Bertz CT molecular complexity index is 726. The Kier molecular flexibility index (Phi) is 3.10. The summed E-state index contributed by atoms with van der Waals surface area (Å²) in [6.07, 6.45) is 1.76. The third-order valence-corrected chi connectivity index (χ3v) is 3.45. The van der Waals surface area contributed by atoms with Gasteiger partial charge in [0.2, 0.25) is 0 Å². The first kappa shape index (κ1) is 12.6. The van der Waals surface area contributed by atoms with E-state index < -0.39 is 0 Å². The van der Waals surface area contributed by atoms with Gasteiger partial charge in [-0.05, 0) is 20.8 Å². The molecule has 0 aliphatic carbocycles. The normalized spacial score (nSPS) is 12.6. The van der Waals surface area contributed by atoms with Crippen LogP contribution in [0, 0.1) is 13.8 Å². The molecule has 2 aromatic heterocycles. The maximum Gasteiger partial charge on any atom is 0.157 e. The average molecular weight is 268 g/mol. The molecule has 0 aliphatic rings. The summed E-state index contributed by atoms with van der Waals surface area (Å²) in [5, 5.41) is 17.8. The SMILES string of the molecule is Cc1noc(C)c1C(C)Nc1nncc2ccccc12. The molecule has 3 aromatic rings. The molecule has 0 amide bonds. The number of hydrogen-bond acceptors (Lipinski definition) is 5. The third-order valence-electron chi connectivity index (χ3n) is 3.45. The topological polar surface area (TPSA) is 63.8 Å². The van der Waals surface area contributed by atoms with Crippen molar-refractivity contribution in [2.24, 2.45) is 0 Å². The highest BCUT2D eigenvalue weighted by molar-refractivity contribution is 5.90. The average Bonchev–Trinajstić information content (AvgIpc) is 2.78. The lowest BCUT2D eigenvalue weighted by molar-refractivity contribution is 0.392. The number of nitrogens with one attached hydrogen (secondary N) is 1. The molecule has 102 valence electrons. The number of rotatable bonds is 3. The Morgan fingerprint density at radius 1 is 1.20 bits per heavy atom. The molecular formula is C15H16N4O. The van der Waals surface area contributed by atoms with Gasteiger partial charge in [0.15, 0.2) is 5.82 Å². The maximum absolute atomic E-state index is 5.22. The van der Waals surface area contributed by atoms with Gasteiger partial charge in [-0.3, -0.25) is 0 Å². The van der Waals surface area contributed by atoms with Crippen molar-refractivity contribution in [3.8, 4) is 0 Å². The molecule has 0 radical (unpaired) electrons. The van der Waals surface area contributed by atoms with Crippen molar-refractivity contribution >= 4 is 16.6 Å². The van der Waals surface area contributed by atoms with Crippen LogP contribution in [0.3, 0.4) is 0 Å². The summed E-state index contributed by atoms with van der Waals surface area (Å²) < 4.78 is 5.22. The van der Waals surface area contributed by atoms with Crippen molar-refractivity contribution in [2.45, 2.75) is 26.8 Å². The molecule has 1 aromatic carbocycles. The predicted molar refractivity (Wildman–Crippen MR) is 77.6 cm³/mol. The van der Waals surface area contributed by atoms with E-state index in [0.717, 1.165) is 33.6 Å². The van der Waals surface area contributed by atoms with Gasteiger partial charge in [0.1, 0.15) is 5.76 Å². The van der Waals surface area contributed by atoms with Crippen LogP contribution in [0.25, 0.3) is 10.8 Å². The highest BCUT2D eigenvalue weighted by Gasteiger charge is 2.17. The molecule has 0 aliphatic heterocycles. The minimum absolute atomic E-state index is 0.0568. The molecule has 20 heavy (non-hydrogen) atoms. The lowest BCUT2D eigenvalue weighted by atomic mass is 10.1. The minimum atomic E-state index is 0.0568. The zero-order valence-electron chi connectivity index (χ0n) is 11.7. The van der Waals surface area contributed by atoms with Gasteiger partial charge in [0.25, 0.3) is 0 Å². The quantitative estimate of drug-likeness (QED) is 0.788. The van der Waals surface area contributed by atoms with Crippen molar-refractivity contribution in [3.05, 3.63) is 47.5 Å². The number of aromatic nitrogens is 3. The number of fused-ring (bicyclic) bond motifs is 1. The van der Waals surface area contributed by atoms with E-state index in [-0.39, 0.29) is 6.04 Å². The van der Waals surface area contributed by atoms with Crippen molar-refractivity contribution in [1.82, 2.24) is 15.4 Å². The second-order valence-electron chi connectivity index (χ2n) is 4.88. The van der Waals surface area contributed by atoms with Crippen LogP contribution in [-0.2, 0) is 0 Å². The lowest BCUT2D eigenvalue weighted by Gasteiger charge is -2.15. The molecule has 0 saturated heterocycles. The highest BCUT2D eigenvalue weighted by Crippen LogP contribution is 2.27. The Balaban J connectivity index is 1.97. The number of nitrogens with zero attached hydrogens (tertiary/aromatic N) is 3. The molecule has 5 heteroatoms.